The number of hydrogen-bond donors (Lipinski definition) is 1. The van der Waals surface area contributed by atoms with E-state index in [9.17, 15) is 14.9 Å². The number of ether oxygens (including phenoxy) is 2. The number of hydrazone groups is 1. The summed E-state index contributed by atoms with van der Waals surface area (Å²) in [6, 6.07) is 8.56. The third-order valence-electron chi connectivity index (χ3n) is 3.15. The minimum absolute atomic E-state index is 0.122. The first-order valence-electron chi connectivity index (χ1n) is 6.95. The summed E-state index contributed by atoms with van der Waals surface area (Å²) in [7, 11) is 2.94. The van der Waals surface area contributed by atoms with E-state index in [4.69, 9.17) is 21.1 Å². The molecule has 0 bridgehead atoms. The number of nitrogens with zero attached hydrogens (tertiary/aromatic N) is 2. The maximum Gasteiger partial charge on any atom is 0.271 e. The first-order chi connectivity index (χ1) is 12.0. The fourth-order valence-electron chi connectivity index (χ4n) is 2.00. The summed E-state index contributed by atoms with van der Waals surface area (Å²) in [4.78, 5) is 22.1. The van der Waals surface area contributed by atoms with E-state index in [1.165, 1.54) is 38.6 Å². The smallest absolute Gasteiger partial charge is 0.271 e. The highest BCUT2D eigenvalue weighted by atomic mass is 35.5. The van der Waals surface area contributed by atoms with E-state index in [0.717, 1.165) is 6.07 Å². The fourth-order valence-corrected chi connectivity index (χ4v) is 2.30. The van der Waals surface area contributed by atoms with Gasteiger partial charge in [0, 0.05) is 17.7 Å². The Hall–Kier alpha value is -3.13. The van der Waals surface area contributed by atoms with Crippen molar-refractivity contribution in [2.75, 3.05) is 14.2 Å². The standard InChI is InChI=1S/C16H14ClN3O5/c1-24-14-7-10(6-13(17)15(14)25-2)9-18-19-16(21)11-4-3-5-12(8-11)20(22)23/h3-9H,1-2H3,(H,19,21)/b18-9-. The van der Waals surface area contributed by atoms with E-state index in [1.807, 2.05) is 0 Å². The number of halogens is 1. The highest BCUT2D eigenvalue weighted by molar-refractivity contribution is 6.32. The van der Waals surface area contributed by atoms with Crippen LogP contribution in [0.25, 0.3) is 0 Å². The largest absolute Gasteiger partial charge is 0.493 e. The van der Waals surface area contributed by atoms with Crippen LogP contribution in [0.1, 0.15) is 15.9 Å². The Morgan fingerprint density at radius 2 is 2.04 bits per heavy atom. The third-order valence-corrected chi connectivity index (χ3v) is 3.44. The molecule has 130 valence electrons. The Bertz CT molecular complexity index is 839. The minimum Gasteiger partial charge on any atom is -0.493 e. The summed E-state index contributed by atoms with van der Waals surface area (Å²) in [5, 5.41) is 14.9. The number of methoxy groups -OCH3 is 2. The van der Waals surface area contributed by atoms with Gasteiger partial charge in [0.15, 0.2) is 11.5 Å². The molecule has 0 saturated carbocycles. The molecule has 0 aliphatic heterocycles. The molecule has 0 atom stereocenters. The van der Waals surface area contributed by atoms with Gasteiger partial charge in [-0.1, -0.05) is 17.7 Å². The summed E-state index contributed by atoms with van der Waals surface area (Å²) in [5.41, 5.74) is 2.81. The lowest BCUT2D eigenvalue weighted by molar-refractivity contribution is -0.384. The van der Waals surface area contributed by atoms with Crippen LogP contribution in [0.15, 0.2) is 41.5 Å². The summed E-state index contributed by atoms with van der Waals surface area (Å²) in [6.45, 7) is 0. The average molecular weight is 364 g/mol. The molecule has 0 aromatic heterocycles. The number of nitrogens with one attached hydrogen (secondary N) is 1. The molecule has 0 fully saturated rings. The van der Waals surface area contributed by atoms with Crippen molar-refractivity contribution in [1.29, 1.82) is 0 Å². The van der Waals surface area contributed by atoms with Crippen LogP contribution in [0.3, 0.4) is 0 Å². The second-order valence-corrected chi connectivity index (χ2v) is 5.15. The van der Waals surface area contributed by atoms with E-state index >= 15 is 0 Å². The molecule has 1 amide bonds. The molecule has 2 aromatic carbocycles. The maximum absolute atomic E-state index is 12.0. The zero-order valence-electron chi connectivity index (χ0n) is 13.4. The number of hydrogen-bond acceptors (Lipinski definition) is 6. The van der Waals surface area contributed by atoms with Gasteiger partial charge in [-0.25, -0.2) is 5.43 Å². The molecular formula is C16H14ClN3O5. The number of amides is 1. The third kappa shape index (κ3) is 4.45. The Kier molecular flexibility index (Phi) is 5.91. The van der Waals surface area contributed by atoms with Gasteiger partial charge in [0.2, 0.25) is 0 Å². The van der Waals surface area contributed by atoms with Gasteiger partial charge in [-0.2, -0.15) is 5.10 Å². The molecule has 0 radical (unpaired) electrons. The van der Waals surface area contributed by atoms with Crippen molar-refractivity contribution in [2.24, 2.45) is 5.10 Å². The van der Waals surface area contributed by atoms with E-state index in [0.29, 0.717) is 22.1 Å². The quantitative estimate of drug-likeness (QED) is 0.482. The van der Waals surface area contributed by atoms with Crippen molar-refractivity contribution in [3.63, 3.8) is 0 Å². The highest BCUT2D eigenvalue weighted by Crippen LogP contribution is 2.35. The molecule has 8 nitrogen and oxygen atoms in total. The fraction of sp³-hybridized carbons (Fsp3) is 0.125. The van der Waals surface area contributed by atoms with Crippen LogP contribution in [0.5, 0.6) is 11.5 Å². The van der Waals surface area contributed by atoms with Gasteiger partial charge in [0.05, 0.1) is 30.4 Å². The van der Waals surface area contributed by atoms with E-state index in [-0.39, 0.29) is 11.3 Å². The van der Waals surface area contributed by atoms with E-state index in [1.54, 1.807) is 12.1 Å². The molecule has 0 saturated heterocycles. The van der Waals surface area contributed by atoms with E-state index in [2.05, 4.69) is 10.5 Å². The van der Waals surface area contributed by atoms with Crippen molar-refractivity contribution < 1.29 is 19.2 Å². The number of benzene rings is 2. The molecule has 2 aromatic rings. The van der Waals surface area contributed by atoms with Crippen molar-refractivity contribution in [3.05, 3.63) is 62.7 Å². The predicted octanol–water partition coefficient (Wildman–Crippen LogP) is 3.03. The van der Waals surface area contributed by atoms with Crippen LogP contribution in [0.2, 0.25) is 5.02 Å². The Labute approximate surface area is 148 Å². The highest BCUT2D eigenvalue weighted by Gasteiger charge is 2.12. The number of rotatable bonds is 6. The number of carbonyl (C=O) groups is 1. The molecule has 9 heteroatoms. The minimum atomic E-state index is -0.578. The van der Waals surface area contributed by atoms with Gasteiger partial charge in [-0.05, 0) is 23.8 Å². The molecule has 0 heterocycles. The Morgan fingerprint density at radius 1 is 1.28 bits per heavy atom. The topological polar surface area (TPSA) is 103 Å². The number of nitro groups is 1. The van der Waals surface area contributed by atoms with Gasteiger partial charge in [-0.15, -0.1) is 0 Å². The SMILES string of the molecule is COc1cc(/C=N\NC(=O)c2cccc([N+](=O)[O-])c2)cc(Cl)c1OC. The van der Waals surface area contributed by atoms with Crippen molar-refractivity contribution in [2.45, 2.75) is 0 Å². The second-order valence-electron chi connectivity index (χ2n) is 4.74. The summed E-state index contributed by atoms with van der Waals surface area (Å²) in [5.74, 6) is 0.231. The van der Waals surface area contributed by atoms with Crippen LogP contribution in [-0.2, 0) is 0 Å². The number of non-ortho nitro benzene ring substituents is 1. The van der Waals surface area contributed by atoms with Crippen LogP contribution in [-0.4, -0.2) is 31.3 Å². The van der Waals surface area contributed by atoms with Crippen LogP contribution < -0.4 is 14.9 Å². The van der Waals surface area contributed by atoms with Gasteiger partial charge < -0.3 is 9.47 Å². The average Bonchev–Trinajstić information content (AvgIpc) is 2.61. The van der Waals surface area contributed by atoms with Gasteiger partial charge in [0.25, 0.3) is 11.6 Å². The Balaban J connectivity index is 2.13. The number of carbonyl (C=O) groups excluding carboxylic acids is 1. The van der Waals surface area contributed by atoms with E-state index < -0.39 is 10.8 Å². The van der Waals surface area contributed by atoms with Crippen molar-refractivity contribution >= 4 is 29.4 Å². The summed E-state index contributed by atoms with van der Waals surface area (Å²) >= 11 is 6.08. The first kappa shape index (κ1) is 18.2. The van der Waals surface area contributed by atoms with Crippen LogP contribution in [0.4, 0.5) is 5.69 Å². The lowest BCUT2D eigenvalue weighted by atomic mass is 10.2. The van der Waals surface area contributed by atoms with Gasteiger partial charge >= 0.3 is 0 Å². The van der Waals surface area contributed by atoms with Gasteiger partial charge in [-0.3, -0.25) is 14.9 Å². The normalized spacial score (nSPS) is 10.5. The van der Waals surface area contributed by atoms with Crippen LogP contribution >= 0.6 is 11.6 Å². The predicted molar refractivity (Wildman–Crippen MR) is 92.7 cm³/mol. The zero-order valence-corrected chi connectivity index (χ0v) is 14.1. The van der Waals surface area contributed by atoms with Gasteiger partial charge in [0.1, 0.15) is 0 Å². The Morgan fingerprint density at radius 3 is 2.68 bits per heavy atom. The van der Waals surface area contributed by atoms with Crippen molar-refractivity contribution in [1.82, 2.24) is 5.43 Å². The molecule has 0 aliphatic rings. The molecule has 25 heavy (non-hydrogen) atoms. The molecular weight excluding hydrogens is 350 g/mol. The number of nitro benzene ring substituents is 1. The van der Waals surface area contributed by atoms with Crippen LogP contribution in [0, 0.1) is 10.1 Å². The first-order valence-corrected chi connectivity index (χ1v) is 7.33. The maximum atomic E-state index is 12.0. The molecule has 0 spiro atoms. The lowest BCUT2D eigenvalue weighted by Gasteiger charge is -2.09. The summed E-state index contributed by atoms with van der Waals surface area (Å²) in [6.07, 6.45) is 1.36. The molecule has 0 unspecified atom stereocenters. The molecule has 0 aliphatic carbocycles. The second kappa shape index (κ2) is 8.11. The zero-order chi connectivity index (χ0) is 18.4. The monoisotopic (exact) mass is 363 g/mol. The summed E-state index contributed by atoms with van der Waals surface area (Å²) < 4.78 is 10.3. The molecule has 1 N–H and O–H groups in total. The molecule has 2 rings (SSSR count). The van der Waals surface area contributed by atoms with Crippen molar-refractivity contribution in [3.8, 4) is 11.5 Å². The lowest BCUT2D eigenvalue weighted by Crippen LogP contribution is -2.17.